The van der Waals surface area contributed by atoms with Crippen LogP contribution >= 0.6 is 11.8 Å². The molecular weight excluding hydrogens is 583 g/mol. The van der Waals surface area contributed by atoms with Gasteiger partial charge < -0.3 is 15.0 Å². The van der Waals surface area contributed by atoms with E-state index in [1.54, 1.807) is 48.5 Å². The molecule has 0 saturated heterocycles. The van der Waals surface area contributed by atoms with Crippen molar-refractivity contribution in [2.24, 2.45) is 0 Å². The predicted molar refractivity (Wildman–Crippen MR) is 174 cm³/mol. The summed E-state index contributed by atoms with van der Waals surface area (Å²) in [5, 5.41) is 3.00. The zero-order valence-electron chi connectivity index (χ0n) is 26.1. The first-order chi connectivity index (χ1) is 20.3. The second-order valence-corrected chi connectivity index (χ2v) is 13.9. The fourth-order valence-electron chi connectivity index (χ4n) is 4.67. The number of hydrogen-bond donors (Lipinski definition) is 1. The molecule has 0 saturated carbocycles. The standard InChI is InChI=1S/C33H43N3O5S2/c1-8-28(32(38)34-33(4,5)6)35(22-25-15-11-10-14-24(25)3)31(37)23-36(29-16-12-13-17-30(29)41-9-2)43(39,40)27-20-18-26(42-7)19-21-27/h10-21,28H,8-9,22-23H2,1-7H3,(H,34,38)/t28-/m0/s1. The first-order valence-electron chi connectivity index (χ1n) is 14.4. The van der Waals surface area contributed by atoms with E-state index in [-0.39, 0.29) is 23.0 Å². The zero-order chi connectivity index (χ0) is 31.8. The van der Waals surface area contributed by atoms with Crippen LogP contribution in [0.2, 0.25) is 0 Å². The molecule has 0 bridgehead atoms. The highest BCUT2D eigenvalue weighted by Crippen LogP contribution is 2.33. The molecule has 232 valence electrons. The lowest BCUT2D eigenvalue weighted by molar-refractivity contribution is -0.141. The van der Waals surface area contributed by atoms with Crippen LogP contribution in [0.1, 0.15) is 52.2 Å². The number of anilines is 1. The van der Waals surface area contributed by atoms with E-state index in [1.807, 2.05) is 72.1 Å². The SMILES string of the molecule is CCOc1ccccc1N(CC(=O)N(Cc1ccccc1C)[C@@H](CC)C(=O)NC(C)(C)C)S(=O)(=O)c1ccc(SC)cc1. The number of thioether (sulfide) groups is 1. The highest BCUT2D eigenvalue weighted by atomic mass is 32.2. The van der Waals surface area contributed by atoms with Crippen molar-refractivity contribution in [2.75, 3.05) is 23.7 Å². The van der Waals surface area contributed by atoms with Gasteiger partial charge in [0.15, 0.2) is 0 Å². The van der Waals surface area contributed by atoms with Crippen molar-refractivity contribution in [3.63, 3.8) is 0 Å². The minimum Gasteiger partial charge on any atom is -0.492 e. The Labute approximate surface area is 260 Å². The number of carbonyl (C=O) groups is 2. The van der Waals surface area contributed by atoms with Gasteiger partial charge in [-0.15, -0.1) is 11.8 Å². The average Bonchev–Trinajstić information content (AvgIpc) is 2.96. The van der Waals surface area contributed by atoms with Crippen molar-refractivity contribution in [1.82, 2.24) is 10.2 Å². The fourth-order valence-corrected chi connectivity index (χ4v) is 6.51. The largest absolute Gasteiger partial charge is 0.492 e. The average molecular weight is 626 g/mol. The summed E-state index contributed by atoms with van der Waals surface area (Å²) in [6.07, 6.45) is 2.26. The molecule has 3 rings (SSSR count). The molecule has 0 aliphatic rings. The van der Waals surface area contributed by atoms with Gasteiger partial charge in [-0.25, -0.2) is 8.42 Å². The molecule has 1 atom stereocenters. The van der Waals surface area contributed by atoms with E-state index in [1.165, 1.54) is 16.7 Å². The summed E-state index contributed by atoms with van der Waals surface area (Å²) in [7, 11) is -4.21. The van der Waals surface area contributed by atoms with Crippen LogP contribution in [-0.4, -0.2) is 56.1 Å². The predicted octanol–water partition coefficient (Wildman–Crippen LogP) is 6.03. The Morgan fingerprint density at radius 2 is 1.58 bits per heavy atom. The molecular formula is C33H43N3O5S2. The maximum absolute atomic E-state index is 14.4. The third-order valence-corrected chi connectivity index (χ3v) is 9.36. The van der Waals surface area contributed by atoms with Crippen molar-refractivity contribution in [1.29, 1.82) is 0 Å². The second-order valence-electron chi connectivity index (χ2n) is 11.2. The van der Waals surface area contributed by atoms with E-state index in [9.17, 15) is 18.0 Å². The Morgan fingerprint density at radius 1 is 0.953 bits per heavy atom. The van der Waals surface area contributed by atoms with Crippen molar-refractivity contribution >= 4 is 39.3 Å². The Kier molecular flexibility index (Phi) is 11.7. The first-order valence-corrected chi connectivity index (χ1v) is 17.0. The van der Waals surface area contributed by atoms with Crippen LogP contribution in [0.4, 0.5) is 5.69 Å². The van der Waals surface area contributed by atoms with Gasteiger partial charge in [-0.2, -0.15) is 0 Å². The third-order valence-electron chi connectivity index (χ3n) is 6.85. The number of rotatable bonds is 13. The van der Waals surface area contributed by atoms with E-state index in [0.29, 0.717) is 18.8 Å². The van der Waals surface area contributed by atoms with Crippen molar-refractivity contribution < 1.29 is 22.7 Å². The Morgan fingerprint density at radius 3 is 2.16 bits per heavy atom. The van der Waals surface area contributed by atoms with Gasteiger partial charge in [-0.05, 0) is 94.8 Å². The number of para-hydroxylation sites is 2. The lowest BCUT2D eigenvalue weighted by atomic mass is 10.0. The molecule has 3 aromatic rings. The van der Waals surface area contributed by atoms with E-state index in [4.69, 9.17) is 4.74 Å². The fraction of sp³-hybridized carbons (Fsp3) is 0.394. The quantitative estimate of drug-likeness (QED) is 0.233. The number of nitrogens with one attached hydrogen (secondary N) is 1. The minimum absolute atomic E-state index is 0.0485. The van der Waals surface area contributed by atoms with E-state index in [2.05, 4.69) is 5.32 Å². The number of sulfonamides is 1. The highest BCUT2D eigenvalue weighted by molar-refractivity contribution is 7.98. The van der Waals surface area contributed by atoms with Crippen LogP contribution in [0.3, 0.4) is 0 Å². The summed E-state index contributed by atoms with van der Waals surface area (Å²) < 4.78 is 35.4. The Balaban J connectivity index is 2.14. The van der Waals surface area contributed by atoms with Gasteiger partial charge in [0.05, 0.1) is 17.2 Å². The van der Waals surface area contributed by atoms with Gasteiger partial charge in [-0.1, -0.05) is 43.3 Å². The highest BCUT2D eigenvalue weighted by Gasteiger charge is 2.35. The van der Waals surface area contributed by atoms with E-state index >= 15 is 0 Å². The van der Waals surface area contributed by atoms with E-state index < -0.39 is 34.1 Å². The molecule has 0 aliphatic carbocycles. The molecule has 0 spiro atoms. The Bertz CT molecular complexity index is 1500. The maximum Gasteiger partial charge on any atom is 0.264 e. The van der Waals surface area contributed by atoms with Gasteiger partial charge in [0, 0.05) is 17.0 Å². The number of benzene rings is 3. The smallest absolute Gasteiger partial charge is 0.264 e. The number of amides is 2. The van der Waals surface area contributed by atoms with Crippen molar-refractivity contribution in [3.8, 4) is 5.75 Å². The molecule has 0 radical (unpaired) electrons. The normalized spacial score (nSPS) is 12.3. The van der Waals surface area contributed by atoms with Crippen LogP contribution in [0.5, 0.6) is 5.75 Å². The summed E-state index contributed by atoms with van der Waals surface area (Å²) in [6, 6.07) is 20.2. The molecule has 1 N–H and O–H groups in total. The van der Waals surface area contributed by atoms with Crippen LogP contribution < -0.4 is 14.4 Å². The van der Waals surface area contributed by atoms with Crippen LogP contribution in [0.15, 0.2) is 82.6 Å². The molecule has 43 heavy (non-hydrogen) atoms. The summed E-state index contributed by atoms with van der Waals surface area (Å²) >= 11 is 1.50. The van der Waals surface area contributed by atoms with Crippen molar-refractivity contribution in [3.05, 3.63) is 83.9 Å². The third kappa shape index (κ3) is 8.76. The molecule has 2 amide bonds. The zero-order valence-corrected chi connectivity index (χ0v) is 27.7. The lowest BCUT2D eigenvalue weighted by Gasteiger charge is -2.35. The van der Waals surface area contributed by atoms with Gasteiger partial charge in [-0.3, -0.25) is 13.9 Å². The molecule has 10 heteroatoms. The van der Waals surface area contributed by atoms with Gasteiger partial charge in [0.1, 0.15) is 18.3 Å². The van der Waals surface area contributed by atoms with Crippen LogP contribution in [-0.2, 0) is 26.2 Å². The molecule has 0 unspecified atom stereocenters. The minimum atomic E-state index is -4.21. The second kappa shape index (κ2) is 14.8. The summed E-state index contributed by atoms with van der Waals surface area (Å²) in [6.45, 7) is 11.2. The lowest BCUT2D eigenvalue weighted by Crippen LogP contribution is -2.55. The van der Waals surface area contributed by atoms with Crippen LogP contribution in [0, 0.1) is 6.92 Å². The number of nitrogens with zero attached hydrogens (tertiary/aromatic N) is 2. The van der Waals surface area contributed by atoms with Crippen molar-refractivity contribution in [2.45, 2.75) is 75.9 Å². The van der Waals surface area contributed by atoms with Gasteiger partial charge in [0.25, 0.3) is 10.0 Å². The molecule has 0 fully saturated rings. The summed E-state index contributed by atoms with van der Waals surface area (Å²) in [5.41, 5.74) is 1.56. The first kappa shape index (κ1) is 34.0. The van der Waals surface area contributed by atoms with Gasteiger partial charge >= 0.3 is 0 Å². The van der Waals surface area contributed by atoms with Crippen LogP contribution in [0.25, 0.3) is 0 Å². The number of aryl methyl sites for hydroxylation is 1. The molecule has 3 aromatic carbocycles. The molecule has 8 nitrogen and oxygen atoms in total. The molecule has 0 aliphatic heterocycles. The monoisotopic (exact) mass is 625 g/mol. The summed E-state index contributed by atoms with van der Waals surface area (Å²) in [5.74, 6) is -0.464. The molecule has 0 heterocycles. The molecule has 0 aromatic heterocycles. The summed E-state index contributed by atoms with van der Waals surface area (Å²) in [4.78, 5) is 30.3. The van der Waals surface area contributed by atoms with E-state index in [0.717, 1.165) is 20.3 Å². The maximum atomic E-state index is 14.4. The van der Waals surface area contributed by atoms with Gasteiger partial charge in [0.2, 0.25) is 11.8 Å². The number of ether oxygens (including phenoxy) is 1. The number of carbonyl (C=O) groups excluding carboxylic acids is 2. The topological polar surface area (TPSA) is 96.0 Å². The number of hydrogen-bond acceptors (Lipinski definition) is 6. The Hall–Kier alpha value is -3.50.